The molecule has 0 aromatic carbocycles. The Labute approximate surface area is 276 Å². The van der Waals surface area contributed by atoms with Crippen molar-refractivity contribution in [3.05, 3.63) is 12.2 Å². The number of esters is 1. The van der Waals surface area contributed by atoms with Gasteiger partial charge in [0.25, 0.3) is 0 Å². The molecule has 3 aliphatic rings. The van der Waals surface area contributed by atoms with Gasteiger partial charge in [-0.25, -0.2) is 4.79 Å². The van der Waals surface area contributed by atoms with Crippen LogP contribution in [0, 0.1) is 5.92 Å². The van der Waals surface area contributed by atoms with E-state index in [-0.39, 0.29) is 18.3 Å². The topological polar surface area (TPSA) is 222 Å². The van der Waals surface area contributed by atoms with Crippen molar-refractivity contribution in [1.82, 2.24) is 0 Å². The molecule has 0 spiro atoms. The van der Waals surface area contributed by atoms with E-state index in [1.165, 1.54) is 6.92 Å². The number of rotatable bonds is 20. The lowest BCUT2D eigenvalue weighted by molar-refractivity contribution is -0.332. The zero-order valence-corrected chi connectivity index (χ0v) is 27.6. The lowest BCUT2D eigenvalue weighted by Gasteiger charge is -2.43. The molecule has 14 nitrogen and oxygen atoms in total. The van der Waals surface area contributed by atoms with Gasteiger partial charge >= 0.3 is 11.9 Å². The number of hydrogen-bond donors (Lipinski definition) is 7. The van der Waals surface area contributed by atoms with E-state index in [4.69, 9.17) is 23.7 Å². The van der Waals surface area contributed by atoms with E-state index in [2.05, 4.69) is 6.58 Å². The molecule has 7 N–H and O–H groups in total. The van der Waals surface area contributed by atoms with Gasteiger partial charge in [-0.15, -0.1) is 0 Å². The Morgan fingerprint density at radius 3 is 1.87 bits per heavy atom. The van der Waals surface area contributed by atoms with E-state index in [0.717, 1.165) is 70.6 Å². The second-order valence-corrected chi connectivity index (χ2v) is 13.2. The van der Waals surface area contributed by atoms with Crippen LogP contribution in [0.4, 0.5) is 0 Å². The molecule has 272 valence electrons. The van der Waals surface area contributed by atoms with Crippen LogP contribution in [0.3, 0.4) is 0 Å². The summed E-state index contributed by atoms with van der Waals surface area (Å²) in [7, 11) is 0. The van der Waals surface area contributed by atoms with Crippen LogP contribution < -0.4 is 0 Å². The van der Waals surface area contributed by atoms with E-state index >= 15 is 0 Å². The summed E-state index contributed by atoms with van der Waals surface area (Å²) in [6, 6.07) is 0. The normalized spacial score (nSPS) is 36.8. The van der Waals surface area contributed by atoms with Crippen molar-refractivity contribution < 1.29 is 69.0 Å². The molecule has 47 heavy (non-hydrogen) atoms. The fourth-order valence-electron chi connectivity index (χ4n) is 6.34. The molecule has 0 unspecified atom stereocenters. The number of hydrogen-bond acceptors (Lipinski definition) is 13. The molecule has 0 aromatic heterocycles. The lowest BCUT2D eigenvalue weighted by atomic mass is 9.93. The minimum atomic E-state index is -1.55. The predicted octanol–water partition coefficient (Wildman–Crippen LogP) is 1.30. The number of unbranched alkanes of at least 4 members (excludes halogenated alkanes) is 10. The maximum Gasteiger partial charge on any atom is 0.334 e. The summed E-state index contributed by atoms with van der Waals surface area (Å²) in [4.78, 5) is 23.0. The number of cyclic esters (lactones) is 1. The summed E-state index contributed by atoms with van der Waals surface area (Å²) in [6.45, 7) is 6.58. The van der Waals surface area contributed by atoms with Crippen molar-refractivity contribution in [2.45, 2.75) is 171 Å². The quantitative estimate of drug-likeness (QED) is 0.0549. The Balaban J connectivity index is 1.21. The van der Waals surface area contributed by atoms with Gasteiger partial charge in [-0.05, 0) is 33.1 Å². The van der Waals surface area contributed by atoms with Crippen molar-refractivity contribution in [2.24, 2.45) is 5.92 Å². The molecule has 3 aliphatic heterocycles. The number of aliphatic hydroxyl groups is 6. The van der Waals surface area contributed by atoms with Crippen molar-refractivity contribution in [2.75, 3.05) is 6.61 Å². The molecule has 0 saturated carbocycles. The molecule has 0 aromatic rings. The first-order valence-corrected chi connectivity index (χ1v) is 17.1. The second kappa shape index (κ2) is 19.5. The molecule has 3 fully saturated rings. The van der Waals surface area contributed by atoms with Gasteiger partial charge in [0.2, 0.25) is 0 Å². The maximum atomic E-state index is 11.6. The third-order valence-corrected chi connectivity index (χ3v) is 9.40. The van der Waals surface area contributed by atoms with E-state index in [1.54, 1.807) is 0 Å². The Kier molecular flexibility index (Phi) is 16.4. The molecular formula is C33H56O14. The van der Waals surface area contributed by atoms with Gasteiger partial charge in [0.05, 0.1) is 18.8 Å². The number of carboxylic acid groups (broad SMARTS) is 1. The van der Waals surface area contributed by atoms with Gasteiger partial charge in [-0.3, -0.25) is 4.79 Å². The van der Waals surface area contributed by atoms with Crippen LogP contribution in [0.2, 0.25) is 0 Å². The third-order valence-electron chi connectivity index (χ3n) is 9.40. The fraction of sp³-hybridized carbons (Fsp3) is 0.879. The van der Waals surface area contributed by atoms with E-state index in [9.17, 15) is 45.3 Å². The second-order valence-electron chi connectivity index (χ2n) is 13.2. The molecule has 0 amide bonds. The zero-order valence-electron chi connectivity index (χ0n) is 27.6. The van der Waals surface area contributed by atoms with Gasteiger partial charge in [-0.2, -0.15) is 0 Å². The average molecular weight is 677 g/mol. The summed E-state index contributed by atoms with van der Waals surface area (Å²) >= 11 is 0. The largest absolute Gasteiger partial charge is 0.481 e. The highest BCUT2D eigenvalue weighted by Gasteiger charge is 2.47. The number of ether oxygens (including phenoxy) is 5. The molecule has 0 radical (unpaired) electrons. The van der Waals surface area contributed by atoms with Gasteiger partial charge < -0.3 is 59.4 Å². The standard InChI is InChI=1S/C33H56O14/c1-18(15-13-11-9-7-5-4-6-8-10-12-14-16-21-23(30(40)41)19(2)31(42)46-21)44-33-29(39)27(37)25(35)22(47-33)17-43-32-28(38)26(36)24(34)20(3)45-32/h18,20-29,32-39H,2,4-17H2,1,3H3,(H,40,41)/t18-,20+,21+,22-,23+,24-,25-,26+,27+,28-,29-,32-,33-/m1/s1. The van der Waals surface area contributed by atoms with Gasteiger partial charge in [-0.1, -0.05) is 70.8 Å². The summed E-state index contributed by atoms with van der Waals surface area (Å²) in [5.41, 5.74) is 0.0355. The number of carbonyl (C=O) groups is 2. The van der Waals surface area contributed by atoms with Crippen LogP contribution in [0.15, 0.2) is 12.2 Å². The molecule has 0 aliphatic carbocycles. The number of carbonyl (C=O) groups excluding carboxylic acids is 1. The fourth-order valence-corrected chi connectivity index (χ4v) is 6.34. The van der Waals surface area contributed by atoms with Gasteiger partial charge in [0.15, 0.2) is 12.6 Å². The number of aliphatic carboxylic acids is 1. The molecule has 3 rings (SSSR count). The van der Waals surface area contributed by atoms with Crippen molar-refractivity contribution in [1.29, 1.82) is 0 Å². The predicted molar refractivity (Wildman–Crippen MR) is 166 cm³/mol. The summed E-state index contributed by atoms with van der Waals surface area (Å²) in [5, 5.41) is 70.5. The van der Waals surface area contributed by atoms with Crippen LogP contribution in [0.5, 0.6) is 0 Å². The molecule has 3 saturated heterocycles. The Morgan fingerprint density at radius 1 is 0.745 bits per heavy atom. The monoisotopic (exact) mass is 676 g/mol. The highest BCUT2D eigenvalue weighted by atomic mass is 16.7. The first-order chi connectivity index (χ1) is 22.3. The summed E-state index contributed by atoms with van der Waals surface area (Å²) in [5.74, 6) is -2.59. The number of carboxylic acids is 1. The molecule has 0 bridgehead atoms. The highest BCUT2D eigenvalue weighted by Crippen LogP contribution is 2.31. The van der Waals surface area contributed by atoms with Crippen LogP contribution in [0.25, 0.3) is 0 Å². The Morgan fingerprint density at radius 2 is 1.28 bits per heavy atom. The average Bonchev–Trinajstić information content (AvgIpc) is 3.32. The van der Waals surface area contributed by atoms with Crippen molar-refractivity contribution in [3.8, 4) is 0 Å². The molecule has 14 heteroatoms. The van der Waals surface area contributed by atoms with E-state index < -0.39 is 85.4 Å². The minimum absolute atomic E-state index is 0.0355. The lowest BCUT2D eigenvalue weighted by Crippen LogP contribution is -2.61. The first kappa shape index (κ1) is 39.7. The van der Waals surface area contributed by atoms with Crippen LogP contribution in [0.1, 0.15) is 97.3 Å². The van der Waals surface area contributed by atoms with Crippen LogP contribution in [-0.2, 0) is 33.3 Å². The SMILES string of the molecule is C=C1C(=O)O[C@@H](CCCCCCCCCCCCC[C@@H](C)O[C@@H]2O[C@H](CO[C@@H]3O[C@@H](C)[C@@H](O)[C@H](O)[C@H]3O)[C@@H](O)[C@H](O)[C@H]2O)[C@H]1C(=O)O. The third kappa shape index (κ3) is 11.4. The maximum absolute atomic E-state index is 11.6. The molecular weight excluding hydrogens is 620 g/mol. The van der Waals surface area contributed by atoms with Crippen molar-refractivity contribution in [3.63, 3.8) is 0 Å². The van der Waals surface area contributed by atoms with E-state index in [1.807, 2.05) is 6.92 Å². The minimum Gasteiger partial charge on any atom is -0.481 e. The Hall–Kier alpha value is -1.72. The van der Waals surface area contributed by atoms with Crippen LogP contribution in [-0.4, -0.2) is 128 Å². The van der Waals surface area contributed by atoms with Crippen molar-refractivity contribution >= 4 is 11.9 Å². The Bertz CT molecular complexity index is 979. The van der Waals surface area contributed by atoms with E-state index in [0.29, 0.717) is 12.8 Å². The van der Waals surface area contributed by atoms with Gasteiger partial charge in [0.1, 0.15) is 54.7 Å². The molecule has 3 heterocycles. The van der Waals surface area contributed by atoms with Crippen LogP contribution >= 0.6 is 0 Å². The van der Waals surface area contributed by atoms with Gasteiger partial charge in [0, 0.05) is 5.57 Å². The zero-order chi connectivity index (χ0) is 34.7. The number of aliphatic hydroxyl groups excluding tert-OH is 6. The highest BCUT2D eigenvalue weighted by molar-refractivity contribution is 5.97. The molecule has 13 atom stereocenters. The first-order valence-electron chi connectivity index (χ1n) is 17.1. The smallest absolute Gasteiger partial charge is 0.334 e. The summed E-state index contributed by atoms with van der Waals surface area (Å²) in [6.07, 6.45) is -1.27. The summed E-state index contributed by atoms with van der Waals surface area (Å²) < 4.78 is 27.6.